The molecule has 0 unspecified atom stereocenters. The van der Waals surface area contributed by atoms with Gasteiger partial charge in [-0.05, 0) is 20.8 Å². The minimum Gasteiger partial charge on any atom is -0.550 e. The number of carboxylic acids is 4. The van der Waals surface area contributed by atoms with Gasteiger partial charge in [-0.3, -0.25) is 4.79 Å². The van der Waals surface area contributed by atoms with Crippen LogP contribution in [0.4, 0.5) is 0 Å². The average molecular weight is 420 g/mol. The van der Waals surface area contributed by atoms with E-state index in [4.69, 9.17) is 51.1 Å². The topological polar surface area (TPSA) is 304 Å². The minimum absolute atomic E-state index is 0. The van der Waals surface area contributed by atoms with Crippen molar-refractivity contribution in [2.75, 3.05) is 13.1 Å². The van der Waals surface area contributed by atoms with Gasteiger partial charge in [-0.15, -0.1) is 0 Å². The molecule has 0 bridgehead atoms. The number of carbonyl (C=O) groups is 4. The summed E-state index contributed by atoms with van der Waals surface area (Å²) in [6, 6.07) is 0. The van der Waals surface area contributed by atoms with Crippen LogP contribution in [0.15, 0.2) is 0 Å². The zero-order valence-corrected chi connectivity index (χ0v) is 22.4. The molecule has 0 radical (unpaired) electrons. The van der Waals surface area contributed by atoms with Crippen LogP contribution in [0, 0.1) is 0 Å². The van der Waals surface area contributed by atoms with Crippen LogP contribution >= 0.6 is 0 Å². The number of hydrogen-bond donors (Lipinski definition) is 3. The van der Waals surface area contributed by atoms with Crippen LogP contribution in [0.3, 0.4) is 0 Å². The molecule has 0 saturated carbocycles. The summed E-state index contributed by atoms with van der Waals surface area (Å²) in [4.78, 5) is 35.7. The first-order valence-electron chi connectivity index (χ1n) is 4.97. The van der Waals surface area contributed by atoms with Gasteiger partial charge in [-0.1, -0.05) is 0 Å². The molecule has 11 N–H and O–H groups in total. The summed E-state index contributed by atoms with van der Waals surface area (Å²) in [5, 5.41) is 34.1. The molecule has 13 nitrogen and oxygen atoms in total. The zero-order valence-electron chi connectivity index (χ0n) is 16.4. The summed E-state index contributed by atoms with van der Waals surface area (Å²) >= 11 is 0. The molecule has 0 aliphatic heterocycles. The van der Waals surface area contributed by atoms with E-state index < -0.39 is 23.9 Å². The second-order valence-electron chi connectivity index (χ2n) is 2.57. The Labute approximate surface area is 218 Å². The fourth-order valence-corrected chi connectivity index (χ4v) is 0. The molecule has 0 spiro atoms. The summed E-state index contributed by atoms with van der Waals surface area (Å²) in [6.45, 7) is 5.19. The molecule has 26 heavy (non-hydrogen) atoms. The maximum atomic E-state index is 9.00. The van der Waals surface area contributed by atoms with E-state index in [-0.39, 0.29) is 105 Å². The SMILES string of the molecule is CC(=O)O.CC(=O)[O-].CC(=O)[O-].CC(=O)[O-].NCCN.O.O.O.[Na+].[Na+].[Na+]. The van der Waals surface area contributed by atoms with Gasteiger partial charge in [0.2, 0.25) is 0 Å². The summed E-state index contributed by atoms with van der Waals surface area (Å²) in [6.07, 6.45) is 0. The Bertz CT molecular complexity index is 207. The van der Waals surface area contributed by atoms with Gasteiger partial charge in [0.05, 0.1) is 0 Å². The van der Waals surface area contributed by atoms with Crippen molar-refractivity contribution >= 4 is 23.9 Å². The first-order valence-corrected chi connectivity index (χ1v) is 4.97. The fourth-order valence-electron chi connectivity index (χ4n) is 0. The maximum absolute atomic E-state index is 9.00. The van der Waals surface area contributed by atoms with Gasteiger partial charge in [0, 0.05) is 37.9 Å². The molecule has 0 aromatic rings. The van der Waals surface area contributed by atoms with Crippen LogP contribution < -0.4 is 115 Å². The van der Waals surface area contributed by atoms with Crippen molar-refractivity contribution in [3.05, 3.63) is 0 Å². The third kappa shape index (κ3) is 4900. The van der Waals surface area contributed by atoms with E-state index in [0.29, 0.717) is 13.1 Å². The number of aliphatic carboxylic acids is 4. The van der Waals surface area contributed by atoms with Crippen LogP contribution in [0.25, 0.3) is 0 Å². The van der Waals surface area contributed by atoms with E-state index in [9.17, 15) is 0 Å². The fraction of sp³-hybridized carbons (Fsp3) is 0.600. The van der Waals surface area contributed by atoms with E-state index in [2.05, 4.69) is 0 Å². The summed E-state index contributed by atoms with van der Waals surface area (Å²) in [5.41, 5.74) is 9.81. The quantitative estimate of drug-likeness (QED) is 0.336. The normalized spacial score (nSPS) is 5.00. The Hall–Kier alpha value is 0.680. The van der Waals surface area contributed by atoms with E-state index >= 15 is 0 Å². The monoisotopic (exact) mass is 420 g/mol. The molecule has 16 heteroatoms. The maximum Gasteiger partial charge on any atom is 1.00 e. The standard InChI is InChI=1S/C2H8N2.4C2H4O2.3Na.3H2O/c3-1-2-4;4*1-2(3)4;;;;;;/h1-4H2;4*1H3,(H,3,4);;;;3*1H2/q;;;;;3*+1;;;/p-3. The summed E-state index contributed by atoms with van der Waals surface area (Å²) in [5.74, 6) is -4.08. The van der Waals surface area contributed by atoms with Crippen LogP contribution in [0.5, 0.6) is 0 Å². The van der Waals surface area contributed by atoms with Gasteiger partial charge in [-0.2, -0.15) is 0 Å². The largest absolute Gasteiger partial charge is 1.00 e. The van der Waals surface area contributed by atoms with Gasteiger partial charge >= 0.3 is 88.7 Å². The molecule has 0 aromatic heterocycles. The van der Waals surface area contributed by atoms with Crippen molar-refractivity contribution in [1.82, 2.24) is 0 Å². The number of nitrogens with two attached hydrogens (primary N) is 2. The number of rotatable bonds is 1. The van der Waals surface area contributed by atoms with Gasteiger partial charge < -0.3 is 62.7 Å². The van der Waals surface area contributed by atoms with E-state index in [1.54, 1.807) is 0 Å². The molecule has 0 aliphatic carbocycles. The molecule has 0 rings (SSSR count). The predicted octanol–water partition coefficient (Wildman–Crippen LogP) is -16.2. The van der Waals surface area contributed by atoms with Crippen molar-refractivity contribution < 1.29 is 145 Å². The van der Waals surface area contributed by atoms with Crippen LogP contribution in [-0.2, 0) is 19.2 Å². The first kappa shape index (κ1) is 71.6. The van der Waals surface area contributed by atoms with Crippen molar-refractivity contribution in [2.45, 2.75) is 27.7 Å². The Morgan fingerprint density at radius 3 is 0.692 bits per heavy atom. The van der Waals surface area contributed by atoms with E-state index in [0.717, 1.165) is 27.7 Å². The number of carbonyl (C=O) groups excluding carboxylic acids is 3. The number of hydrogen-bond acceptors (Lipinski definition) is 9. The van der Waals surface area contributed by atoms with Gasteiger partial charge in [0.1, 0.15) is 0 Å². The zero-order chi connectivity index (χ0) is 17.7. The molecule has 0 heterocycles. The molecule has 0 aromatic carbocycles. The molecule has 0 atom stereocenters. The molecule has 0 saturated heterocycles. The van der Waals surface area contributed by atoms with Crippen molar-refractivity contribution in [3.8, 4) is 0 Å². The second kappa shape index (κ2) is 72.6. The molecular formula is C10H27N2Na3O11. The van der Waals surface area contributed by atoms with Crippen molar-refractivity contribution in [3.63, 3.8) is 0 Å². The number of carboxylic acid groups (broad SMARTS) is 4. The van der Waals surface area contributed by atoms with Crippen LogP contribution in [-0.4, -0.2) is 58.5 Å². The summed E-state index contributed by atoms with van der Waals surface area (Å²) in [7, 11) is 0. The molecule has 0 fully saturated rings. The smallest absolute Gasteiger partial charge is 0.550 e. The molecular weight excluding hydrogens is 393 g/mol. The van der Waals surface area contributed by atoms with E-state index in [1.165, 1.54) is 0 Å². The van der Waals surface area contributed by atoms with Crippen LogP contribution in [0.1, 0.15) is 27.7 Å². The average Bonchev–Trinajstić information content (AvgIpc) is 2.13. The van der Waals surface area contributed by atoms with Gasteiger partial charge in [0.15, 0.2) is 0 Å². The van der Waals surface area contributed by atoms with Crippen molar-refractivity contribution in [1.29, 1.82) is 0 Å². The Morgan fingerprint density at radius 2 is 0.692 bits per heavy atom. The van der Waals surface area contributed by atoms with Crippen molar-refractivity contribution in [2.24, 2.45) is 11.5 Å². The Balaban J connectivity index is -0.0000000114. The first-order chi connectivity index (χ1) is 8.84. The molecule has 0 amide bonds. The third-order valence-electron chi connectivity index (χ3n) is 0.167. The Kier molecular flexibility index (Phi) is 200. The van der Waals surface area contributed by atoms with Crippen LogP contribution in [0.2, 0.25) is 0 Å². The van der Waals surface area contributed by atoms with Gasteiger partial charge in [-0.25, -0.2) is 0 Å². The molecule has 0 aliphatic rings. The van der Waals surface area contributed by atoms with E-state index in [1.807, 2.05) is 0 Å². The third-order valence-corrected chi connectivity index (χ3v) is 0.167. The minimum atomic E-state index is -1.08. The predicted molar refractivity (Wildman–Crippen MR) is 74.3 cm³/mol. The Morgan fingerprint density at radius 1 is 0.654 bits per heavy atom. The van der Waals surface area contributed by atoms with Gasteiger partial charge in [0.25, 0.3) is 5.97 Å². The summed E-state index contributed by atoms with van der Waals surface area (Å²) < 4.78 is 0. The second-order valence-corrected chi connectivity index (χ2v) is 2.57. The molecule has 146 valence electrons.